The number of benzene rings is 2. The number of carbonyl (C=O) groups is 1. The van der Waals surface area contributed by atoms with Crippen LogP contribution < -0.4 is 10.6 Å². The van der Waals surface area contributed by atoms with E-state index in [1.54, 1.807) is 13.1 Å². The van der Waals surface area contributed by atoms with Crippen LogP contribution in [0.1, 0.15) is 29.7 Å². The average molecular weight is 370 g/mol. The van der Waals surface area contributed by atoms with Crippen molar-refractivity contribution in [3.05, 3.63) is 89.2 Å². The number of carbonyl (C=O) groups excluding carboxylic acids is 1. The van der Waals surface area contributed by atoms with E-state index in [0.29, 0.717) is 18.7 Å². The Morgan fingerprint density at radius 1 is 1.11 bits per heavy atom. The summed E-state index contributed by atoms with van der Waals surface area (Å²) in [6, 6.07) is 12.4. The van der Waals surface area contributed by atoms with Crippen molar-refractivity contribution < 1.29 is 13.6 Å². The lowest BCUT2D eigenvalue weighted by Gasteiger charge is -2.16. The zero-order valence-electron chi connectivity index (χ0n) is 14.8. The van der Waals surface area contributed by atoms with E-state index in [0.717, 1.165) is 23.3 Å². The maximum Gasteiger partial charge on any atom is 0.315 e. The molecule has 2 amide bonds. The summed E-state index contributed by atoms with van der Waals surface area (Å²) in [7, 11) is 0. The molecule has 0 saturated carbocycles. The molecule has 0 aliphatic rings. The summed E-state index contributed by atoms with van der Waals surface area (Å²) in [6.45, 7) is 2.66. The van der Waals surface area contributed by atoms with E-state index in [4.69, 9.17) is 0 Å². The summed E-state index contributed by atoms with van der Waals surface area (Å²) in [4.78, 5) is 12.2. The van der Waals surface area contributed by atoms with Gasteiger partial charge in [-0.3, -0.25) is 4.68 Å². The highest BCUT2D eigenvalue weighted by Crippen LogP contribution is 2.16. The lowest BCUT2D eigenvalue weighted by atomic mass is 10.1. The molecule has 2 aromatic carbocycles. The lowest BCUT2D eigenvalue weighted by Crippen LogP contribution is -2.36. The summed E-state index contributed by atoms with van der Waals surface area (Å²) in [5, 5.41) is 9.71. The second-order valence-electron chi connectivity index (χ2n) is 6.19. The normalized spacial score (nSPS) is 11.8. The minimum Gasteiger partial charge on any atom is -0.334 e. The van der Waals surface area contributed by atoms with Gasteiger partial charge in [0.1, 0.15) is 0 Å². The van der Waals surface area contributed by atoms with E-state index < -0.39 is 17.7 Å². The number of rotatable bonds is 6. The van der Waals surface area contributed by atoms with Crippen molar-refractivity contribution in [3.8, 4) is 0 Å². The lowest BCUT2D eigenvalue weighted by molar-refractivity contribution is 0.237. The number of halogens is 2. The fourth-order valence-corrected chi connectivity index (χ4v) is 2.74. The van der Waals surface area contributed by atoms with Gasteiger partial charge in [0.2, 0.25) is 0 Å². The molecule has 1 aromatic heterocycles. The maximum atomic E-state index is 13.3. The molecule has 0 saturated heterocycles. The molecule has 2 N–H and O–H groups in total. The fraction of sp³-hybridized carbons (Fsp3) is 0.200. The first-order chi connectivity index (χ1) is 13.0. The quantitative estimate of drug-likeness (QED) is 0.694. The minimum atomic E-state index is -0.936. The van der Waals surface area contributed by atoms with Crippen molar-refractivity contribution in [2.24, 2.45) is 0 Å². The van der Waals surface area contributed by atoms with Crippen LogP contribution in [0.2, 0.25) is 0 Å². The molecule has 0 bridgehead atoms. The molecule has 0 radical (unpaired) electrons. The third-order valence-corrected chi connectivity index (χ3v) is 4.24. The zero-order chi connectivity index (χ0) is 19.2. The molecule has 0 aliphatic heterocycles. The third-order valence-electron chi connectivity index (χ3n) is 4.24. The predicted octanol–water partition coefficient (Wildman–Crippen LogP) is 3.77. The van der Waals surface area contributed by atoms with Gasteiger partial charge in [-0.15, -0.1) is 0 Å². The Kier molecular flexibility index (Phi) is 5.80. The van der Waals surface area contributed by atoms with Crippen LogP contribution in [0.3, 0.4) is 0 Å². The smallest absolute Gasteiger partial charge is 0.315 e. The van der Waals surface area contributed by atoms with Crippen molar-refractivity contribution in [1.29, 1.82) is 0 Å². The van der Waals surface area contributed by atoms with Gasteiger partial charge in [-0.1, -0.05) is 30.3 Å². The summed E-state index contributed by atoms with van der Waals surface area (Å²) in [5.74, 6) is -1.85. The van der Waals surface area contributed by atoms with E-state index >= 15 is 0 Å². The van der Waals surface area contributed by atoms with Gasteiger partial charge in [-0.05, 0) is 41.8 Å². The van der Waals surface area contributed by atoms with Crippen LogP contribution in [-0.2, 0) is 13.1 Å². The highest BCUT2D eigenvalue weighted by molar-refractivity contribution is 5.74. The van der Waals surface area contributed by atoms with Crippen molar-refractivity contribution in [3.63, 3.8) is 0 Å². The zero-order valence-corrected chi connectivity index (χ0v) is 14.8. The molecule has 1 atom stereocenters. The molecule has 0 aliphatic carbocycles. The van der Waals surface area contributed by atoms with Crippen LogP contribution in [0, 0.1) is 11.6 Å². The molecule has 0 fully saturated rings. The molecule has 140 valence electrons. The van der Waals surface area contributed by atoms with Crippen LogP contribution in [0.5, 0.6) is 0 Å². The Morgan fingerprint density at radius 3 is 2.59 bits per heavy atom. The Morgan fingerprint density at radius 2 is 1.89 bits per heavy atom. The Bertz CT molecular complexity index is 912. The standard InChI is InChI=1S/C20H20F2N4O/c1-14(15-7-8-18(21)19(22)11-15)25-20(27)23-12-16-5-2-3-6-17(16)13-26-10-4-9-24-26/h2-11,14H,12-13H2,1H3,(H2,23,25,27). The SMILES string of the molecule is CC(NC(=O)NCc1ccccc1Cn1cccn1)c1ccc(F)c(F)c1. The molecule has 3 rings (SSSR count). The number of nitrogens with zero attached hydrogens (tertiary/aromatic N) is 2. The van der Waals surface area contributed by atoms with E-state index in [1.165, 1.54) is 6.07 Å². The summed E-state index contributed by atoms with van der Waals surface area (Å²) in [6.07, 6.45) is 3.59. The van der Waals surface area contributed by atoms with Crippen molar-refractivity contribution >= 4 is 6.03 Å². The molecule has 0 spiro atoms. The van der Waals surface area contributed by atoms with Gasteiger partial charge in [0.25, 0.3) is 0 Å². The highest BCUT2D eigenvalue weighted by atomic mass is 19.2. The predicted molar refractivity (Wildman–Crippen MR) is 97.9 cm³/mol. The number of hydrogen-bond acceptors (Lipinski definition) is 2. The number of aromatic nitrogens is 2. The molecule has 7 heteroatoms. The number of urea groups is 1. The van der Waals surface area contributed by atoms with E-state index in [2.05, 4.69) is 15.7 Å². The first-order valence-corrected chi connectivity index (χ1v) is 8.56. The monoisotopic (exact) mass is 370 g/mol. The Hall–Kier alpha value is -3.22. The van der Waals surface area contributed by atoms with Crippen molar-refractivity contribution in [2.75, 3.05) is 0 Å². The molecule has 5 nitrogen and oxygen atoms in total. The van der Waals surface area contributed by atoms with Crippen LogP contribution >= 0.6 is 0 Å². The second-order valence-corrected chi connectivity index (χ2v) is 6.19. The fourth-order valence-electron chi connectivity index (χ4n) is 2.74. The Balaban J connectivity index is 1.58. The summed E-state index contributed by atoms with van der Waals surface area (Å²) < 4.78 is 28.2. The van der Waals surface area contributed by atoms with Crippen LogP contribution in [0.25, 0.3) is 0 Å². The molecule has 3 aromatic rings. The first kappa shape index (κ1) is 18.6. The van der Waals surface area contributed by atoms with E-state index in [-0.39, 0.29) is 6.03 Å². The van der Waals surface area contributed by atoms with Crippen molar-refractivity contribution in [1.82, 2.24) is 20.4 Å². The maximum absolute atomic E-state index is 13.3. The second kappa shape index (κ2) is 8.44. The molecule has 1 unspecified atom stereocenters. The molecule has 27 heavy (non-hydrogen) atoms. The van der Waals surface area contributed by atoms with Gasteiger partial charge >= 0.3 is 6.03 Å². The van der Waals surface area contributed by atoms with Crippen molar-refractivity contribution in [2.45, 2.75) is 26.1 Å². The van der Waals surface area contributed by atoms with E-state index in [9.17, 15) is 13.6 Å². The average Bonchev–Trinajstić information content (AvgIpc) is 3.16. The highest BCUT2D eigenvalue weighted by Gasteiger charge is 2.12. The van der Waals surface area contributed by atoms with Crippen LogP contribution in [0.4, 0.5) is 13.6 Å². The van der Waals surface area contributed by atoms with Gasteiger partial charge in [0.15, 0.2) is 11.6 Å². The molecule has 1 heterocycles. The summed E-state index contributed by atoms with van der Waals surface area (Å²) >= 11 is 0. The van der Waals surface area contributed by atoms with E-state index in [1.807, 2.05) is 41.2 Å². The molecular weight excluding hydrogens is 350 g/mol. The largest absolute Gasteiger partial charge is 0.334 e. The Labute approximate surface area is 156 Å². The van der Waals surface area contributed by atoms with Gasteiger partial charge in [0.05, 0.1) is 12.6 Å². The number of hydrogen-bond donors (Lipinski definition) is 2. The summed E-state index contributed by atoms with van der Waals surface area (Å²) in [5.41, 5.74) is 2.52. The molecular formula is C20H20F2N4O. The minimum absolute atomic E-state index is 0.341. The number of amides is 2. The topological polar surface area (TPSA) is 59.0 Å². The van der Waals surface area contributed by atoms with Crippen LogP contribution in [-0.4, -0.2) is 15.8 Å². The third kappa shape index (κ3) is 4.91. The van der Waals surface area contributed by atoms with Crippen LogP contribution in [0.15, 0.2) is 60.9 Å². The van der Waals surface area contributed by atoms with Gasteiger partial charge < -0.3 is 10.6 Å². The van der Waals surface area contributed by atoms with Gasteiger partial charge in [-0.25, -0.2) is 13.6 Å². The first-order valence-electron chi connectivity index (χ1n) is 8.56. The van der Waals surface area contributed by atoms with Gasteiger partial charge in [-0.2, -0.15) is 5.10 Å². The number of nitrogens with one attached hydrogen (secondary N) is 2. The van der Waals surface area contributed by atoms with Gasteiger partial charge in [0, 0.05) is 18.9 Å².